The molecule has 11 nitrogen and oxygen atoms in total. The average Bonchev–Trinajstić information content (AvgIpc) is 2.93. The van der Waals surface area contributed by atoms with Gasteiger partial charge in [0.25, 0.3) is 0 Å². The summed E-state index contributed by atoms with van der Waals surface area (Å²) < 4.78 is 30.7. The Morgan fingerprint density at radius 2 is 1.82 bits per heavy atom. The number of nitriles is 1. The van der Waals surface area contributed by atoms with E-state index < -0.39 is 5.44 Å². The molecule has 0 radical (unpaired) electrons. The summed E-state index contributed by atoms with van der Waals surface area (Å²) in [6.07, 6.45) is 6.09. The lowest BCUT2D eigenvalue weighted by Crippen LogP contribution is -2.28. The molecular formula is C27H42N4O7S2. The second-order valence-electron chi connectivity index (χ2n) is 8.50. The fraction of sp³-hybridized carbons (Fsp3) is 0.593. The summed E-state index contributed by atoms with van der Waals surface area (Å²) in [6, 6.07) is 6.96. The Hall–Kier alpha value is -2.31. The Balaban J connectivity index is 2.25. The van der Waals surface area contributed by atoms with E-state index in [0.29, 0.717) is 50.3 Å². The van der Waals surface area contributed by atoms with Crippen molar-refractivity contribution in [3.8, 4) is 11.2 Å². The van der Waals surface area contributed by atoms with Crippen LogP contribution >= 0.6 is 23.7 Å². The van der Waals surface area contributed by atoms with Gasteiger partial charge >= 0.3 is 0 Å². The van der Waals surface area contributed by atoms with E-state index in [0.717, 1.165) is 18.3 Å². The van der Waals surface area contributed by atoms with Crippen LogP contribution in [0.2, 0.25) is 0 Å². The van der Waals surface area contributed by atoms with E-state index in [1.54, 1.807) is 36.2 Å². The molecule has 0 aromatic heterocycles. The second kappa shape index (κ2) is 24.5. The molecule has 224 valence electrons. The fourth-order valence-corrected chi connectivity index (χ4v) is 3.60. The van der Waals surface area contributed by atoms with Gasteiger partial charge in [-0.15, -0.1) is 0 Å². The normalized spacial score (nSPS) is 11.9. The number of anilines is 1. The summed E-state index contributed by atoms with van der Waals surface area (Å²) in [5.74, 6) is 0.569. The highest BCUT2D eigenvalue weighted by Crippen LogP contribution is 2.20. The first-order valence-corrected chi connectivity index (χ1v) is 15.2. The van der Waals surface area contributed by atoms with Crippen LogP contribution in [-0.4, -0.2) is 89.5 Å². The van der Waals surface area contributed by atoms with Gasteiger partial charge in [0, 0.05) is 24.8 Å². The van der Waals surface area contributed by atoms with E-state index in [2.05, 4.69) is 29.2 Å². The van der Waals surface area contributed by atoms with Crippen LogP contribution in [0.1, 0.15) is 20.3 Å². The van der Waals surface area contributed by atoms with Crippen molar-refractivity contribution in [1.82, 2.24) is 10.0 Å². The van der Waals surface area contributed by atoms with Gasteiger partial charge in [-0.25, -0.2) is 0 Å². The second-order valence-corrected chi connectivity index (χ2v) is 10.1. The number of carbonyl (C=O) groups is 2. The van der Waals surface area contributed by atoms with E-state index >= 15 is 0 Å². The molecule has 1 rings (SSSR count). The molecule has 0 fully saturated rings. The molecule has 40 heavy (non-hydrogen) atoms. The third-order valence-electron chi connectivity index (χ3n) is 4.73. The third-order valence-corrected chi connectivity index (χ3v) is 5.86. The average molecular weight is 599 g/mol. The monoisotopic (exact) mass is 598 g/mol. The molecule has 1 unspecified atom stereocenters. The maximum absolute atomic E-state index is 12.2. The first-order chi connectivity index (χ1) is 19.4. The molecule has 0 bridgehead atoms. The first kappa shape index (κ1) is 35.7. The van der Waals surface area contributed by atoms with Crippen molar-refractivity contribution in [2.75, 3.05) is 77.5 Å². The molecule has 1 aromatic carbocycles. The van der Waals surface area contributed by atoms with Gasteiger partial charge in [0.05, 0.1) is 46.1 Å². The maximum Gasteiger partial charge on any atom is 0.246 e. The van der Waals surface area contributed by atoms with Crippen LogP contribution in [0.4, 0.5) is 5.69 Å². The molecule has 0 aliphatic heterocycles. The highest BCUT2D eigenvalue weighted by atomic mass is 32.2. The lowest BCUT2D eigenvalue weighted by atomic mass is 10.2. The molecule has 0 spiro atoms. The van der Waals surface area contributed by atoms with Gasteiger partial charge in [-0.05, 0) is 36.1 Å². The number of hydrogen-bond donors (Lipinski definition) is 3. The molecule has 13 heteroatoms. The number of nitrogens with one attached hydrogen (secondary N) is 3. The summed E-state index contributed by atoms with van der Waals surface area (Å²) >= 11 is 2.47. The van der Waals surface area contributed by atoms with Crippen LogP contribution in [0.5, 0.6) is 5.75 Å². The Labute approximate surface area is 246 Å². The Kier molecular flexibility index (Phi) is 21.9. The largest absolute Gasteiger partial charge is 0.490 e. The number of allylic oxidation sites excluding steroid dienone is 1. The number of rotatable bonds is 24. The highest BCUT2D eigenvalue weighted by molar-refractivity contribution is 8.04. The number of thioether (sulfide) groups is 1. The quantitative estimate of drug-likeness (QED) is 0.0531. The molecule has 1 atom stereocenters. The zero-order valence-electron chi connectivity index (χ0n) is 23.5. The zero-order valence-corrected chi connectivity index (χ0v) is 25.2. The number of nitrogens with zero attached hydrogens (tertiary/aromatic N) is 1. The number of thiocyanates is 1. The molecule has 0 aliphatic carbocycles. The highest BCUT2D eigenvalue weighted by Gasteiger charge is 2.12. The molecule has 1 aromatic rings. The van der Waals surface area contributed by atoms with E-state index in [1.165, 1.54) is 0 Å². The number of carbonyl (C=O) groups excluding carboxylic acids is 2. The van der Waals surface area contributed by atoms with Crippen LogP contribution in [0, 0.1) is 16.6 Å². The van der Waals surface area contributed by atoms with Gasteiger partial charge in [0.1, 0.15) is 24.4 Å². The minimum Gasteiger partial charge on any atom is -0.490 e. The van der Waals surface area contributed by atoms with Crippen molar-refractivity contribution in [3.05, 3.63) is 36.4 Å². The summed E-state index contributed by atoms with van der Waals surface area (Å²) in [5, 5.41) is 16.6. The molecule has 0 heterocycles. The van der Waals surface area contributed by atoms with Gasteiger partial charge in [-0.2, -0.15) is 5.26 Å². The Bertz CT molecular complexity index is 900. The topological polar surface area (TPSA) is 140 Å². The molecule has 0 aliphatic rings. The number of hydrogen-bond acceptors (Lipinski definition) is 11. The minimum atomic E-state index is -0.551. The first-order valence-electron chi connectivity index (χ1n) is 13.1. The summed E-state index contributed by atoms with van der Waals surface area (Å²) in [5.41, 5.74) is 0.0358. The van der Waals surface area contributed by atoms with Crippen LogP contribution in [0.15, 0.2) is 36.4 Å². The molecule has 3 N–H and O–H groups in total. The summed E-state index contributed by atoms with van der Waals surface area (Å²) in [6.45, 7) is 7.60. The van der Waals surface area contributed by atoms with Crippen molar-refractivity contribution in [3.63, 3.8) is 0 Å². The summed E-state index contributed by atoms with van der Waals surface area (Å²) in [7, 11) is 0. The summed E-state index contributed by atoms with van der Waals surface area (Å²) in [4.78, 5) is 24.0. The SMILES string of the molecule is CSNCCOCCOCCC(=O)Nc1cccc(OCC(OCCOCC(=O)NC/C=C/C(C)C)SC#N)c1. The smallest absolute Gasteiger partial charge is 0.246 e. The van der Waals surface area contributed by atoms with Gasteiger partial charge in [-0.1, -0.05) is 44.0 Å². The Morgan fingerprint density at radius 3 is 2.58 bits per heavy atom. The maximum atomic E-state index is 12.2. The molecule has 0 saturated carbocycles. The van der Waals surface area contributed by atoms with Crippen molar-refractivity contribution in [2.45, 2.75) is 25.7 Å². The van der Waals surface area contributed by atoms with Gasteiger partial charge in [0.15, 0.2) is 5.44 Å². The lowest BCUT2D eigenvalue weighted by Gasteiger charge is -2.16. The van der Waals surface area contributed by atoms with Crippen LogP contribution in [0.3, 0.4) is 0 Å². The van der Waals surface area contributed by atoms with Crippen LogP contribution in [-0.2, 0) is 28.5 Å². The molecular weight excluding hydrogens is 556 g/mol. The van der Waals surface area contributed by atoms with E-state index in [4.69, 9.17) is 28.9 Å². The van der Waals surface area contributed by atoms with Crippen molar-refractivity contribution in [1.29, 1.82) is 5.26 Å². The lowest BCUT2D eigenvalue weighted by molar-refractivity contribution is -0.126. The van der Waals surface area contributed by atoms with Gasteiger partial charge in [-0.3, -0.25) is 14.3 Å². The van der Waals surface area contributed by atoms with Crippen LogP contribution in [0.25, 0.3) is 0 Å². The minimum absolute atomic E-state index is 0.0686. The predicted octanol–water partition coefficient (Wildman–Crippen LogP) is 3.20. The Morgan fingerprint density at radius 1 is 1.05 bits per heavy atom. The van der Waals surface area contributed by atoms with E-state index in [-0.39, 0.29) is 44.7 Å². The van der Waals surface area contributed by atoms with Crippen LogP contribution < -0.4 is 20.1 Å². The zero-order chi connectivity index (χ0) is 29.3. The van der Waals surface area contributed by atoms with Crippen molar-refractivity contribution >= 4 is 41.2 Å². The van der Waals surface area contributed by atoms with Crippen molar-refractivity contribution < 1.29 is 33.3 Å². The third kappa shape index (κ3) is 20.6. The molecule has 0 saturated heterocycles. The number of ether oxygens (including phenoxy) is 5. The number of amides is 2. The van der Waals surface area contributed by atoms with Gasteiger partial charge < -0.3 is 34.3 Å². The van der Waals surface area contributed by atoms with E-state index in [1.807, 2.05) is 23.8 Å². The van der Waals surface area contributed by atoms with Crippen molar-refractivity contribution in [2.24, 2.45) is 5.92 Å². The predicted molar refractivity (Wildman–Crippen MR) is 159 cm³/mol. The fourth-order valence-electron chi connectivity index (χ4n) is 2.90. The molecule has 2 amide bonds. The standard InChI is InChI=1S/C27H42N4O7S2/c1-22(2)6-5-10-29-26(33)19-36-16-17-37-27(40-21-28)20-38-24-8-4-7-23(18-24)31-25(32)9-12-34-14-15-35-13-11-30-39-3/h4-8,18,22,27,30H,9-17,19-20H2,1-3H3,(H,29,33)(H,31,32)/b6-5+. The van der Waals surface area contributed by atoms with E-state index in [9.17, 15) is 9.59 Å². The van der Waals surface area contributed by atoms with Gasteiger partial charge in [0.2, 0.25) is 11.8 Å². The number of benzene rings is 1.